The minimum atomic E-state index is -0.853. The molecule has 9 heteroatoms. The van der Waals surface area contributed by atoms with Gasteiger partial charge >= 0.3 is 0 Å². The average molecular weight is 486 g/mol. The van der Waals surface area contributed by atoms with Gasteiger partial charge in [0.15, 0.2) is 0 Å². The first-order valence-corrected chi connectivity index (χ1v) is 11.2. The lowest BCUT2D eigenvalue weighted by molar-refractivity contribution is -0.118. The Kier molecular flexibility index (Phi) is 6.28. The summed E-state index contributed by atoms with van der Waals surface area (Å²) in [6.07, 6.45) is 3.39. The molecule has 0 saturated heterocycles. The van der Waals surface area contributed by atoms with E-state index in [4.69, 9.17) is 16.0 Å². The molecule has 174 valence electrons. The average Bonchev–Trinajstić information content (AvgIpc) is 3.55. The summed E-state index contributed by atoms with van der Waals surface area (Å²) in [7, 11) is 0. The van der Waals surface area contributed by atoms with Crippen LogP contribution < -0.4 is 10.6 Å². The molecule has 0 aliphatic carbocycles. The smallest absolute Gasteiger partial charge is 0.253 e. The maximum Gasteiger partial charge on any atom is 0.253 e. The number of aromatic amines is 1. The quantitative estimate of drug-likeness (QED) is 0.305. The molecule has 0 aliphatic rings. The number of halogens is 1. The largest absolute Gasteiger partial charge is 0.423 e. The lowest BCUT2D eigenvalue weighted by Crippen LogP contribution is -2.45. The van der Waals surface area contributed by atoms with Gasteiger partial charge in [-0.1, -0.05) is 41.9 Å². The number of hydrogen-bond acceptors (Lipinski definition) is 5. The van der Waals surface area contributed by atoms with Gasteiger partial charge in [-0.05, 0) is 48.0 Å². The van der Waals surface area contributed by atoms with Crippen molar-refractivity contribution in [2.75, 3.05) is 5.32 Å². The van der Waals surface area contributed by atoms with Crippen LogP contribution in [0.25, 0.3) is 22.4 Å². The third-order valence-electron chi connectivity index (χ3n) is 5.60. The first kappa shape index (κ1) is 22.4. The van der Waals surface area contributed by atoms with Crippen molar-refractivity contribution in [3.63, 3.8) is 0 Å². The Hall–Kier alpha value is -4.43. The second kappa shape index (κ2) is 9.82. The molecule has 0 saturated carbocycles. The highest BCUT2D eigenvalue weighted by Gasteiger charge is 2.24. The molecule has 0 bridgehead atoms. The minimum Gasteiger partial charge on any atom is -0.423 e. The van der Waals surface area contributed by atoms with E-state index in [-0.39, 0.29) is 12.3 Å². The molecular formula is C26H20ClN5O3. The highest BCUT2D eigenvalue weighted by Crippen LogP contribution is 2.22. The molecule has 2 aromatic heterocycles. The Morgan fingerprint density at radius 2 is 1.77 bits per heavy atom. The van der Waals surface area contributed by atoms with E-state index in [0.29, 0.717) is 22.2 Å². The topological polar surface area (TPSA) is 113 Å². The van der Waals surface area contributed by atoms with Crippen LogP contribution in [0.3, 0.4) is 0 Å². The van der Waals surface area contributed by atoms with E-state index in [1.54, 1.807) is 48.5 Å². The standard InChI is InChI=1S/C26H20ClN5O3/c27-21-7-3-1-6-20(21)24(33)31-23(13-17-14-28-22-8-4-2-5-19(17)22)25(34)30-18-11-9-16(10-12-18)26-32-29-15-35-26/h1-12,14-15,23,28H,13H2,(H,30,34)(H,31,33). The summed E-state index contributed by atoms with van der Waals surface area (Å²) in [5.41, 5.74) is 3.45. The Morgan fingerprint density at radius 3 is 2.54 bits per heavy atom. The Bertz CT molecular complexity index is 1480. The molecule has 5 aromatic rings. The summed E-state index contributed by atoms with van der Waals surface area (Å²) >= 11 is 6.21. The van der Waals surface area contributed by atoms with Crippen molar-refractivity contribution in [2.24, 2.45) is 0 Å². The van der Waals surface area contributed by atoms with Crippen molar-refractivity contribution in [3.05, 3.63) is 102 Å². The lowest BCUT2D eigenvalue weighted by atomic mass is 10.0. The molecule has 0 radical (unpaired) electrons. The van der Waals surface area contributed by atoms with Gasteiger partial charge in [0.05, 0.1) is 10.6 Å². The monoisotopic (exact) mass is 485 g/mol. The molecule has 1 unspecified atom stereocenters. The molecule has 35 heavy (non-hydrogen) atoms. The van der Waals surface area contributed by atoms with Crippen LogP contribution in [-0.4, -0.2) is 33.0 Å². The molecule has 1 atom stereocenters. The third kappa shape index (κ3) is 4.92. The number of nitrogens with zero attached hydrogens (tertiary/aromatic N) is 2. The summed E-state index contributed by atoms with van der Waals surface area (Å²) in [5.74, 6) is -0.407. The fourth-order valence-corrected chi connectivity index (χ4v) is 4.06. The van der Waals surface area contributed by atoms with Gasteiger partial charge in [-0.3, -0.25) is 9.59 Å². The summed E-state index contributed by atoms with van der Waals surface area (Å²) in [4.78, 5) is 29.5. The zero-order chi connectivity index (χ0) is 24.2. The Morgan fingerprint density at radius 1 is 1.00 bits per heavy atom. The molecule has 2 heterocycles. The second-order valence-corrected chi connectivity index (χ2v) is 8.29. The first-order chi connectivity index (χ1) is 17.1. The summed E-state index contributed by atoms with van der Waals surface area (Å²) in [5, 5.41) is 14.6. The van der Waals surface area contributed by atoms with Crippen LogP contribution in [0.15, 0.2) is 89.8 Å². The molecule has 0 spiro atoms. The van der Waals surface area contributed by atoms with Gasteiger partial charge in [-0.25, -0.2) is 0 Å². The number of nitrogens with one attached hydrogen (secondary N) is 3. The molecule has 3 aromatic carbocycles. The van der Waals surface area contributed by atoms with Gasteiger partial charge in [-0.15, -0.1) is 10.2 Å². The SMILES string of the molecule is O=C(NC(Cc1c[nH]c2ccccc12)C(=O)Nc1ccc(-c2nnco2)cc1)c1ccccc1Cl. The van der Waals surface area contributed by atoms with E-state index < -0.39 is 11.9 Å². The molecule has 8 nitrogen and oxygen atoms in total. The van der Waals surface area contributed by atoms with Crippen molar-refractivity contribution < 1.29 is 14.0 Å². The van der Waals surface area contributed by atoms with E-state index in [2.05, 4.69) is 25.8 Å². The van der Waals surface area contributed by atoms with Crippen LogP contribution in [-0.2, 0) is 11.2 Å². The van der Waals surface area contributed by atoms with E-state index in [0.717, 1.165) is 22.0 Å². The Labute approximate surface area is 205 Å². The number of anilines is 1. The molecule has 0 aliphatic heterocycles. The highest BCUT2D eigenvalue weighted by molar-refractivity contribution is 6.33. The normalized spacial score (nSPS) is 11.8. The van der Waals surface area contributed by atoms with Crippen molar-refractivity contribution in [3.8, 4) is 11.5 Å². The Balaban J connectivity index is 1.39. The number of carbonyl (C=O) groups excluding carboxylic acids is 2. The molecule has 5 rings (SSSR count). The molecule has 3 N–H and O–H groups in total. The lowest BCUT2D eigenvalue weighted by Gasteiger charge is -2.19. The summed E-state index contributed by atoms with van der Waals surface area (Å²) in [6.45, 7) is 0. The van der Waals surface area contributed by atoms with Crippen LogP contribution in [0.5, 0.6) is 0 Å². The predicted molar refractivity (Wildman–Crippen MR) is 133 cm³/mol. The zero-order valence-electron chi connectivity index (χ0n) is 18.4. The summed E-state index contributed by atoms with van der Waals surface area (Å²) in [6, 6.07) is 20.7. The number of hydrogen-bond donors (Lipinski definition) is 3. The van der Waals surface area contributed by atoms with Crippen molar-refractivity contribution >= 4 is 40.0 Å². The van der Waals surface area contributed by atoms with Gasteiger partial charge in [0.25, 0.3) is 5.91 Å². The highest BCUT2D eigenvalue weighted by atomic mass is 35.5. The maximum atomic E-state index is 13.3. The number of amides is 2. The second-order valence-electron chi connectivity index (χ2n) is 7.88. The van der Waals surface area contributed by atoms with Gasteiger partial charge in [0.1, 0.15) is 6.04 Å². The van der Waals surface area contributed by atoms with Crippen molar-refractivity contribution in [1.82, 2.24) is 20.5 Å². The van der Waals surface area contributed by atoms with E-state index in [1.165, 1.54) is 6.39 Å². The number of para-hydroxylation sites is 1. The number of carbonyl (C=O) groups is 2. The number of benzene rings is 3. The molecule has 2 amide bonds. The van der Waals surface area contributed by atoms with Crippen LogP contribution >= 0.6 is 11.6 Å². The number of rotatable bonds is 7. The zero-order valence-corrected chi connectivity index (χ0v) is 19.1. The fourth-order valence-electron chi connectivity index (χ4n) is 3.84. The van der Waals surface area contributed by atoms with Crippen LogP contribution in [0.4, 0.5) is 5.69 Å². The van der Waals surface area contributed by atoms with Gasteiger partial charge in [0.2, 0.25) is 18.2 Å². The van der Waals surface area contributed by atoms with Gasteiger partial charge in [-0.2, -0.15) is 0 Å². The van der Waals surface area contributed by atoms with Crippen LogP contribution in [0.2, 0.25) is 5.02 Å². The van der Waals surface area contributed by atoms with E-state index >= 15 is 0 Å². The number of H-pyrrole nitrogens is 1. The molecular weight excluding hydrogens is 466 g/mol. The predicted octanol–water partition coefficient (Wildman–Crippen LogP) is 4.85. The fraction of sp³-hybridized carbons (Fsp3) is 0.0769. The van der Waals surface area contributed by atoms with Gasteiger partial charge < -0.3 is 20.0 Å². The number of fused-ring (bicyclic) bond motifs is 1. The minimum absolute atomic E-state index is 0.284. The summed E-state index contributed by atoms with van der Waals surface area (Å²) < 4.78 is 5.20. The van der Waals surface area contributed by atoms with E-state index in [9.17, 15) is 9.59 Å². The third-order valence-corrected chi connectivity index (χ3v) is 5.93. The van der Waals surface area contributed by atoms with Crippen LogP contribution in [0.1, 0.15) is 15.9 Å². The van der Waals surface area contributed by atoms with Crippen molar-refractivity contribution in [1.29, 1.82) is 0 Å². The van der Waals surface area contributed by atoms with Gasteiger partial charge in [0, 0.05) is 34.8 Å². The van der Waals surface area contributed by atoms with E-state index in [1.807, 2.05) is 30.5 Å². The maximum absolute atomic E-state index is 13.3. The first-order valence-electron chi connectivity index (χ1n) is 10.9. The van der Waals surface area contributed by atoms with Crippen LogP contribution in [0, 0.1) is 0 Å². The van der Waals surface area contributed by atoms with Crippen molar-refractivity contribution in [2.45, 2.75) is 12.5 Å². The molecule has 0 fully saturated rings. The number of aromatic nitrogens is 3.